The number of esters is 1. The summed E-state index contributed by atoms with van der Waals surface area (Å²) in [6.07, 6.45) is 0.600. The van der Waals surface area contributed by atoms with Gasteiger partial charge in [0.25, 0.3) is 0 Å². The van der Waals surface area contributed by atoms with Gasteiger partial charge in [-0.25, -0.2) is 4.79 Å². The molecule has 0 aliphatic carbocycles. The molecule has 0 radical (unpaired) electrons. The topological polar surface area (TPSA) is 46.5 Å². The van der Waals surface area contributed by atoms with Gasteiger partial charge in [-0.05, 0) is 24.8 Å². The SMILES string of the molecule is CCC(C)OC(=O)c1ccc2ccccc2c1O. The minimum Gasteiger partial charge on any atom is -0.506 e. The summed E-state index contributed by atoms with van der Waals surface area (Å²) in [7, 11) is 0. The predicted molar refractivity (Wildman–Crippen MR) is 70.8 cm³/mol. The number of carbonyl (C=O) groups excluding carboxylic acids is 1. The standard InChI is InChI=1S/C15H16O3/c1-3-10(2)18-15(17)13-9-8-11-6-4-5-7-12(11)14(13)16/h4-10,16H,3H2,1-2H3. The number of carbonyl (C=O) groups is 1. The number of phenols is 1. The van der Waals surface area contributed by atoms with Gasteiger partial charge in [-0.2, -0.15) is 0 Å². The fraction of sp³-hybridized carbons (Fsp3) is 0.267. The summed E-state index contributed by atoms with van der Waals surface area (Å²) in [6, 6.07) is 10.8. The third kappa shape index (κ3) is 2.30. The third-order valence-electron chi connectivity index (χ3n) is 3.00. The lowest BCUT2D eigenvalue weighted by atomic mass is 10.1. The molecule has 18 heavy (non-hydrogen) atoms. The first kappa shape index (κ1) is 12.4. The summed E-state index contributed by atoms with van der Waals surface area (Å²) in [4.78, 5) is 11.9. The van der Waals surface area contributed by atoms with Crippen LogP contribution in [0.25, 0.3) is 10.8 Å². The van der Waals surface area contributed by atoms with Crippen molar-refractivity contribution in [1.82, 2.24) is 0 Å². The zero-order valence-electron chi connectivity index (χ0n) is 10.5. The van der Waals surface area contributed by atoms with E-state index in [4.69, 9.17) is 4.74 Å². The van der Waals surface area contributed by atoms with E-state index in [1.807, 2.05) is 38.1 Å². The lowest BCUT2D eigenvalue weighted by Gasteiger charge is -2.12. The van der Waals surface area contributed by atoms with Crippen molar-refractivity contribution in [2.75, 3.05) is 0 Å². The maximum Gasteiger partial charge on any atom is 0.342 e. The Morgan fingerprint density at radius 2 is 2.00 bits per heavy atom. The number of fused-ring (bicyclic) bond motifs is 1. The van der Waals surface area contributed by atoms with Crippen LogP contribution in [0.2, 0.25) is 0 Å². The monoisotopic (exact) mass is 244 g/mol. The van der Waals surface area contributed by atoms with E-state index in [1.54, 1.807) is 12.1 Å². The third-order valence-corrected chi connectivity index (χ3v) is 3.00. The van der Waals surface area contributed by atoms with Crippen LogP contribution in [0.4, 0.5) is 0 Å². The van der Waals surface area contributed by atoms with Crippen LogP contribution >= 0.6 is 0 Å². The van der Waals surface area contributed by atoms with Crippen LogP contribution in [0.1, 0.15) is 30.6 Å². The zero-order valence-corrected chi connectivity index (χ0v) is 10.5. The molecule has 0 amide bonds. The number of ether oxygens (including phenoxy) is 1. The van der Waals surface area contributed by atoms with E-state index in [0.29, 0.717) is 5.39 Å². The van der Waals surface area contributed by atoms with Gasteiger partial charge in [0.2, 0.25) is 0 Å². The van der Waals surface area contributed by atoms with Gasteiger partial charge in [0.05, 0.1) is 6.10 Å². The molecular weight excluding hydrogens is 228 g/mol. The number of aromatic hydroxyl groups is 1. The summed E-state index contributed by atoms with van der Waals surface area (Å²) in [5.41, 5.74) is 0.217. The first-order valence-corrected chi connectivity index (χ1v) is 6.05. The summed E-state index contributed by atoms with van der Waals surface area (Å²) in [5, 5.41) is 11.7. The molecule has 0 saturated carbocycles. The van der Waals surface area contributed by atoms with Gasteiger partial charge < -0.3 is 9.84 Å². The summed E-state index contributed by atoms with van der Waals surface area (Å²) < 4.78 is 5.22. The lowest BCUT2D eigenvalue weighted by molar-refractivity contribution is 0.0331. The van der Waals surface area contributed by atoms with Crippen molar-refractivity contribution in [1.29, 1.82) is 0 Å². The first-order valence-electron chi connectivity index (χ1n) is 6.05. The average Bonchev–Trinajstić information content (AvgIpc) is 2.39. The first-order chi connectivity index (χ1) is 8.63. The van der Waals surface area contributed by atoms with Crippen molar-refractivity contribution in [3.8, 4) is 5.75 Å². The van der Waals surface area contributed by atoms with Crippen LogP contribution in [0, 0.1) is 0 Å². The molecule has 0 aliphatic heterocycles. The number of hydrogen-bond donors (Lipinski definition) is 1. The van der Waals surface area contributed by atoms with Gasteiger partial charge in [0.1, 0.15) is 11.3 Å². The molecule has 1 atom stereocenters. The molecule has 0 saturated heterocycles. The van der Waals surface area contributed by atoms with E-state index in [9.17, 15) is 9.90 Å². The Bertz CT molecular complexity index is 575. The van der Waals surface area contributed by atoms with Gasteiger partial charge in [-0.1, -0.05) is 37.3 Å². The summed E-state index contributed by atoms with van der Waals surface area (Å²) in [5.74, 6) is -0.492. The second-order valence-electron chi connectivity index (χ2n) is 4.31. The van der Waals surface area contributed by atoms with Crippen molar-refractivity contribution in [3.63, 3.8) is 0 Å². The highest BCUT2D eigenvalue weighted by molar-refractivity contribution is 6.01. The largest absolute Gasteiger partial charge is 0.506 e. The Hall–Kier alpha value is -2.03. The molecular formula is C15H16O3. The average molecular weight is 244 g/mol. The molecule has 2 rings (SSSR count). The van der Waals surface area contributed by atoms with Crippen LogP contribution in [0.5, 0.6) is 5.75 Å². The highest BCUT2D eigenvalue weighted by atomic mass is 16.5. The fourth-order valence-corrected chi connectivity index (χ4v) is 1.75. The molecule has 0 bridgehead atoms. The molecule has 3 nitrogen and oxygen atoms in total. The molecule has 0 aliphatic rings. The predicted octanol–water partition coefficient (Wildman–Crippen LogP) is 3.50. The van der Waals surface area contributed by atoms with Crippen LogP contribution in [0.15, 0.2) is 36.4 Å². The van der Waals surface area contributed by atoms with Crippen LogP contribution in [-0.4, -0.2) is 17.2 Å². The van der Waals surface area contributed by atoms with Crippen molar-refractivity contribution in [2.45, 2.75) is 26.4 Å². The quantitative estimate of drug-likeness (QED) is 0.840. The fourth-order valence-electron chi connectivity index (χ4n) is 1.75. The van der Waals surface area contributed by atoms with Crippen LogP contribution in [0.3, 0.4) is 0 Å². The lowest BCUT2D eigenvalue weighted by Crippen LogP contribution is -2.14. The van der Waals surface area contributed by atoms with Gasteiger partial charge in [-0.15, -0.1) is 0 Å². The van der Waals surface area contributed by atoms with E-state index in [-0.39, 0.29) is 17.4 Å². The molecule has 0 spiro atoms. The maximum atomic E-state index is 11.9. The molecule has 2 aromatic rings. The molecule has 1 unspecified atom stereocenters. The molecule has 3 heteroatoms. The Balaban J connectivity index is 2.40. The minimum absolute atomic E-state index is 0.0126. The minimum atomic E-state index is -0.479. The second-order valence-corrected chi connectivity index (χ2v) is 4.31. The molecule has 2 aromatic carbocycles. The van der Waals surface area contributed by atoms with Gasteiger partial charge in [0, 0.05) is 5.39 Å². The molecule has 0 aromatic heterocycles. The van der Waals surface area contributed by atoms with Gasteiger partial charge in [-0.3, -0.25) is 0 Å². The summed E-state index contributed by atoms with van der Waals surface area (Å²) in [6.45, 7) is 3.77. The molecule has 0 fully saturated rings. The normalized spacial score (nSPS) is 12.3. The van der Waals surface area contributed by atoms with Crippen molar-refractivity contribution >= 4 is 16.7 Å². The van der Waals surface area contributed by atoms with E-state index in [0.717, 1.165) is 11.8 Å². The summed E-state index contributed by atoms with van der Waals surface area (Å²) >= 11 is 0. The van der Waals surface area contributed by atoms with E-state index in [2.05, 4.69) is 0 Å². The van der Waals surface area contributed by atoms with E-state index in [1.165, 1.54) is 0 Å². The van der Waals surface area contributed by atoms with E-state index < -0.39 is 5.97 Å². The van der Waals surface area contributed by atoms with Crippen LogP contribution < -0.4 is 0 Å². The molecule has 1 N–H and O–H groups in total. The Kier molecular flexibility index (Phi) is 3.51. The number of hydrogen-bond acceptors (Lipinski definition) is 3. The number of phenolic OH excluding ortho intramolecular Hbond substituents is 1. The maximum absolute atomic E-state index is 11.9. The smallest absolute Gasteiger partial charge is 0.342 e. The van der Waals surface area contributed by atoms with Gasteiger partial charge in [0.15, 0.2) is 0 Å². The van der Waals surface area contributed by atoms with Gasteiger partial charge >= 0.3 is 5.97 Å². The molecule has 94 valence electrons. The van der Waals surface area contributed by atoms with Crippen LogP contribution in [-0.2, 0) is 4.74 Å². The van der Waals surface area contributed by atoms with Crippen molar-refractivity contribution in [2.24, 2.45) is 0 Å². The highest BCUT2D eigenvalue weighted by Crippen LogP contribution is 2.29. The van der Waals surface area contributed by atoms with Crippen molar-refractivity contribution in [3.05, 3.63) is 42.0 Å². The highest BCUT2D eigenvalue weighted by Gasteiger charge is 2.16. The van der Waals surface area contributed by atoms with Crippen molar-refractivity contribution < 1.29 is 14.6 Å². The Labute approximate surface area is 106 Å². The molecule has 0 heterocycles. The number of benzene rings is 2. The Morgan fingerprint density at radius 3 is 2.72 bits per heavy atom. The second kappa shape index (κ2) is 5.08. The Morgan fingerprint density at radius 1 is 1.28 bits per heavy atom. The number of rotatable bonds is 3. The van der Waals surface area contributed by atoms with E-state index >= 15 is 0 Å². The zero-order chi connectivity index (χ0) is 13.1.